The molecule has 3 atom stereocenters. The number of rotatable bonds is 5. The number of halogens is 2. The van der Waals surface area contributed by atoms with Crippen LogP contribution in [0.1, 0.15) is 12.8 Å². The summed E-state index contributed by atoms with van der Waals surface area (Å²) in [5.41, 5.74) is 0. The van der Waals surface area contributed by atoms with Crippen molar-refractivity contribution in [1.82, 2.24) is 5.32 Å². The molecule has 0 heterocycles. The highest BCUT2D eigenvalue weighted by atomic mass is 35.5. The third kappa shape index (κ3) is 4.48. The summed E-state index contributed by atoms with van der Waals surface area (Å²) in [6, 6.07) is 4.61. The van der Waals surface area contributed by atoms with Gasteiger partial charge in [0.1, 0.15) is 5.75 Å². The number of aliphatic hydroxyl groups is 2. The minimum absolute atomic E-state index is 0.0789. The Balaban J connectivity index is 1.80. The number of ether oxygens (including phenoxy) is 1. The maximum absolute atomic E-state index is 11.8. The van der Waals surface area contributed by atoms with Crippen LogP contribution in [0.2, 0.25) is 10.0 Å². The first-order valence-electron chi connectivity index (χ1n) is 6.65. The topological polar surface area (TPSA) is 78.8 Å². The Bertz CT molecular complexity index is 512. The summed E-state index contributed by atoms with van der Waals surface area (Å²) in [5.74, 6) is -0.0883. The van der Waals surface area contributed by atoms with E-state index in [4.69, 9.17) is 33.0 Å². The van der Waals surface area contributed by atoms with Crippen LogP contribution in [0.15, 0.2) is 18.2 Å². The fourth-order valence-corrected chi connectivity index (χ4v) is 2.88. The van der Waals surface area contributed by atoms with E-state index >= 15 is 0 Å². The van der Waals surface area contributed by atoms with E-state index in [9.17, 15) is 9.90 Å². The second-order valence-electron chi connectivity index (χ2n) is 5.11. The second-order valence-corrected chi connectivity index (χ2v) is 5.95. The van der Waals surface area contributed by atoms with Crippen LogP contribution in [0, 0.1) is 5.92 Å². The van der Waals surface area contributed by atoms with Crippen LogP contribution >= 0.6 is 23.2 Å². The molecule has 7 heteroatoms. The van der Waals surface area contributed by atoms with Crippen LogP contribution in [0.5, 0.6) is 5.75 Å². The predicted octanol–water partition coefficient (Wildman–Crippen LogP) is 1.62. The summed E-state index contributed by atoms with van der Waals surface area (Å²) in [6.45, 7) is -0.248. The van der Waals surface area contributed by atoms with Gasteiger partial charge in [-0.15, -0.1) is 0 Å². The fourth-order valence-electron chi connectivity index (χ4n) is 2.42. The zero-order valence-electron chi connectivity index (χ0n) is 11.3. The van der Waals surface area contributed by atoms with E-state index in [1.807, 2.05) is 0 Å². The maximum atomic E-state index is 11.8. The Morgan fingerprint density at radius 2 is 2.14 bits per heavy atom. The van der Waals surface area contributed by atoms with Gasteiger partial charge in [-0.2, -0.15) is 0 Å². The van der Waals surface area contributed by atoms with Gasteiger partial charge >= 0.3 is 0 Å². The van der Waals surface area contributed by atoms with Gasteiger partial charge in [0.2, 0.25) is 0 Å². The van der Waals surface area contributed by atoms with Crippen molar-refractivity contribution in [2.75, 3.05) is 13.2 Å². The van der Waals surface area contributed by atoms with Crippen molar-refractivity contribution >= 4 is 29.1 Å². The molecule has 0 radical (unpaired) electrons. The van der Waals surface area contributed by atoms with E-state index in [2.05, 4.69) is 5.32 Å². The lowest BCUT2D eigenvalue weighted by Crippen LogP contribution is -2.36. The van der Waals surface area contributed by atoms with E-state index < -0.39 is 6.10 Å². The van der Waals surface area contributed by atoms with Gasteiger partial charge in [0.15, 0.2) is 6.61 Å². The molecule has 5 nitrogen and oxygen atoms in total. The summed E-state index contributed by atoms with van der Waals surface area (Å²) in [6.07, 6.45) is 0.427. The highest BCUT2D eigenvalue weighted by Gasteiger charge is 2.33. The van der Waals surface area contributed by atoms with Crippen molar-refractivity contribution in [3.8, 4) is 5.75 Å². The molecule has 116 valence electrons. The van der Waals surface area contributed by atoms with E-state index in [0.29, 0.717) is 28.6 Å². The van der Waals surface area contributed by atoms with Gasteiger partial charge in [0.05, 0.1) is 11.1 Å². The van der Waals surface area contributed by atoms with E-state index in [1.165, 1.54) is 6.07 Å². The van der Waals surface area contributed by atoms with E-state index in [0.717, 1.165) is 0 Å². The van der Waals surface area contributed by atoms with Gasteiger partial charge < -0.3 is 20.3 Å². The van der Waals surface area contributed by atoms with Crippen LogP contribution in [-0.2, 0) is 4.79 Å². The van der Waals surface area contributed by atoms with Gasteiger partial charge in [-0.3, -0.25) is 4.79 Å². The molecule has 1 aliphatic rings. The van der Waals surface area contributed by atoms with Crippen molar-refractivity contribution in [1.29, 1.82) is 0 Å². The first-order chi connectivity index (χ1) is 9.99. The van der Waals surface area contributed by atoms with Crippen molar-refractivity contribution in [2.24, 2.45) is 5.92 Å². The van der Waals surface area contributed by atoms with E-state index in [-0.39, 0.29) is 31.1 Å². The predicted molar refractivity (Wildman–Crippen MR) is 79.7 cm³/mol. The zero-order valence-corrected chi connectivity index (χ0v) is 12.8. The van der Waals surface area contributed by atoms with Crippen LogP contribution in [0.3, 0.4) is 0 Å². The molecule has 0 unspecified atom stereocenters. The van der Waals surface area contributed by atoms with Crippen LogP contribution in [0.4, 0.5) is 0 Å². The standard InChI is InChI=1S/C14H17Cl2NO4/c15-9-1-2-13(11(16)4-9)21-7-14(20)17-10-3-8(6-18)12(19)5-10/h1-2,4,8,10,12,18-19H,3,5-7H2,(H,17,20)/t8-,10-,12-/m0/s1. The molecule has 0 aromatic heterocycles. The number of nitrogens with one attached hydrogen (secondary N) is 1. The van der Waals surface area contributed by atoms with Crippen LogP contribution in [-0.4, -0.2) is 41.5 Å². The van der Waals surface area contributed by atoms with Crippen LogP contribution < -0.4 is 10.1 Å². The van der Waals surface area contributed by atoms with Crippen molar-refractivity contribution in [3.63, 3.8) is 0 Å². The highest BCUT2D eigenvalue weighted by Crippen LogP contribution is 2.28. The SMILES string of the molecule is O=C(COc1ccc(Cl)cc1Cl)N[C@H]1C[C@@H](CO)[C@@H](O)C1. The Kier molecular flexibility index (Phi) is 5.70. The normalized spacial score (nSPS) is 24.9. The molecule has 2 rings (SSSR count). The molecular weight excluding hydrogens is 317 g/mol. The molecule has 1 aliphatic carbocycles. The lowest BCUT2D eigenvalue weighted by molar-refractivity contribution is -0.123. The quantitative estimate of drug-likeness (QED) is 0.765. The second kappa shape index (κ2) is 7.31. The number of hydrogen-bond acceptors (Lipinski definition) is 4. The number of carbonyl (C=O) groups is 1. The molecule has 21 heavy (non-hydrogen) atoms. The lowest BCUT2D eigenvalue weighted by Gasteiger charge is -2.13. The molecule has 3 N–H and O–H groups in total. The minimum Gasteiger partial charge on any atom is -0.482 e. The van der Waals surface area contributed by atoms with Gasteiger partial charge in [-0.1, -0.05) is 23.2 Å². The zero-order chi connectivity index (χ0) is 15.4. The summed E-state index contributed by atoms with van der Waals surface area (Å²) < 4.78 is 5.33. The number of benzene rings is 1. The third-order valence-electron chi connectivity index (χ3n) is 3.51. The van der Waals surface area contributed by atoms with Crippen molar-refractivity contribution in [2.45, 2.75) is 25.0 Å². The maximum Gasteiger partial charge on any atom is 0.258 e. The highest BCUT2D eigenvalue weighted by molar-refractivity contribution is 6.35. The molecule has 0 bridgehead atoms. The third-order valence-corrected chi connectivity index (χ3v) is 4.04. The molecule has 1 aromatic rings. The minimum atomic E-state index is -0.577. The van der Waals surface area contributed by atoms with E-state index in [1.54, 1.807) is 12.1 Å². The summed E-state index contributed by atoms with van der Waals surface area (Å²) >= 11 is 11.7. The molecule has 0 aliphatic heterocycles. The molecule has 0 spiro atoms. The number of amides is 1. The van der Waals surface area contributed by atoms with Crippen molar-refractivity contribution in [3.05, 3.63) is 28.2 Å². The molecule has 1 aromatic carbocycles. The van der Waals surface area contributed by atoms with Gasteiger partial charge in [0, 0.05) is 23.6 Å². The Morgan fingerprint density at radius 3 is 2.76 bits per heavy atom. The Labute approximate surface area is 132 Å². The molecule has 1 fully saturated rings. The fraction of sp³-hybridized carbons (Fsp3) is 0.500. The number of aliphatic hydroxyl groups excluding tert-OH is 2. The molecule has 0 saturated heterocycles. The molecule has 1 saturated carbocycles. The van der Waals surface area contributed by atoms with Gasteiger partial charge in [-0.25, -0.2) is 0 Å². The Morgan fingerprint density at radius 1 is 1.38 bits per heavy atom. The molecule has 1 amide bonds. The molecular formula is C14H17Cl2NO4. The van der Waals surface area contributed by atoms with Gasteiger partial charge in [0.25, 0.3) is 5.91 Å². The van der Waals surface area contributed by atoms with Crippen LogP contribution in [0.25, 0.3) is 0 Å². The largest absolute Gasteiger partial charge is 0.482 e. The summed E-state index contributed by atoms with van der Waals surface area (Å²) in [4.78, 5) is 11.8. The lowest BCUT2D eigenvalue weighted by atomic mass is 10.1. The smallest absolute Gasteiger partial charge is 0.258 e. The first-order valence-corrected chi connectivity index (χ1v) is 7.41. The first kappa shape index (κ1) is 16.4. The summed E-state index contributed by atoms with van der Waals surface area (Å²) in [5, 5.41) is 22.3. The average molecular weight is 334 g/mol. The average Bonchev–Trinajstić information content (AvgIpc) is 2.77. The monoisotopic (exact) mass is 333 g/mol. The van der Waals surface area contributed by atoms with Crippen molar-refractivity contribution < 1.29 is 19.7 Å². The summed E-state index contributed by atoms with van der Waals surface area (Å²) in [7, 11) is 0. The number of hydrogen-bond donors (Lipinski definition) is 3. The number of carbonyl (C=O) groups excluding carboxylic acids is 1. The Hall–Kier alpha value is -1.01. The van der Waals surface area contributed by atoms with Gasteiger partial charge in [-0.05, 0) is 31.0 Å².